The molecule has 0 unspecified atom stereocenters. The molecular weight excluding hydrogens is 499 g/mol. The summed E-state index contributed by atoms with van der Waals surface area (Å²) in [6.07, 6.45) is 1.58. The number of imide groups is 1. The van der Waals surface area contributed by atoms with Crippen LogP contribution in [-0.4, -0.2) is 18.5 Å². The van der Waals surface area contributed by atoms with Crippen molar-refractivity contribution >= 4 is 58.5 Å². The van der Waals surface area contributed by atoms with E-state index in [0.29, 0.717) is 44.4 Å². The smallest absolute Gasteiger partial charge is 0.333 e. The lowest BCUT2D eigenvalue weighted by Gasteiger charge is -2.13. The maximum absolute atomic E-state index is 12.9. The number of benzene rings is 3. The number of nitrogens with one attached hydrogen (secondary N) is 1. The summed E-state index contributed by atoms with van der Waals surface area (Å²) in [5, 5.41) is 4.04. The van der Waals surface area contributed by atoms with Gasteiger partial charge in [0.25, 0.3) is 5.91 Å². The summed E-state index contributed by atoms with van der Waals surface area (Å²) in [7, 11) is 0. The van der Waals surface area contributed by atoms with E-state index in [1.807, 2.05) is 13.0 Å². The van der Waals surface area contributed by atoms with Crippen LogP contribution in [0.5, 0.6) is 11.5 Å². The normalized spacial score (nSPS) is 14.5. The molecule has 0 radical (unpaired) electrons. The van der Waals surface area contributed by atoms with Gasteiger partial charge in [0.2, 0.25) is 0 Å². The molecule has 3 amide bonds. The summed E-state index contributed by atoms with van der Waals surface area (Å²) >= 11 is 17.9. The minimum atomic E-state index is -0.537. The van der Waals surface area contributed by atoms with Crippen LogP contribution in [0.2, 0.25) is 15.1 Å². The molecule has 1 fully saturated rings. The van der Waals surface area contributed by atoms with Crippen molar-refractivity contribution < 1.29 is 19.1 Å². The highest BCUT2D eigenvalue weighted by Gasteiger charge is 2.34. The summed E-state index contributed by atoms with van der Waals surface area (Å²) in [6, 6.07) is 16.4. The molecule has 1 saturated heterocycles. The first-order valence-corrected chi connectivity index (χ1v) is 11.5. The number of ether oxygens (including phenoxy) is 2. The lowest BCUT2D eigenvalue weighted by molar-refractivity contribution is -0.113. The van der Waals surface area contributed by atoms with Crippen LogP contribution < -0.4 is 19.7 Å². The van der Waals surface area contributed by atoms with Crippen molar-refractivity contribution in [1.82, 2.24) is 5.32 Å². The maximum Gasteiger partial charge on any atom is 0.333 e. The van der Waals surface area contributed by atoms with Gasteiger partial charge in [0.05, 0.1) is 22.3 Å². The number of carbonyl (C=O) groups is 2. The monoisotopic (exact) mass is 516 g/mol. The molecule has 3 aromatic carbocycles. The van der Waals surface area contributed by atoms with Gasteiger partial charge in [-0.1, -0.05) is 46.9 Å². The van der Waals surface area contributed by atoms with E-state index in [-0.39, 0.29) is 12.3 Å². The molecule has 3 aromatic rings. The molecule has 9 heteroatoms. The summed E-state index contributed by atoms with van der Waals surface area (Å²) in [5.41, 5.74) is 2.08. The third kappa shape index (κ3) is 5.30. The number of amides is 3. The Morgan fingerprint density at radius 1 is 0.882 bits per heavy atom. The maximum atomic E-state index is 12.9. The van der Waals surface area contributed by atoms with E-state index in [1.165, 1.54) is 0 Å². The standard InChI is InChI=1S/C25H19Cl3N2O4/c1-2-33-23-13-15(4-10-22(23)34-14-16-3-9-19(27)20(28)11-16)12-21-24(31)30(25(32)29-21)18-7-5-17(26)6-8-18/h3-13H,2,14H2,1H3,(H,29,32)/b21-12+. The largest absolute Gasteiger partial charge is 0.490 e. The molecule has 1 aliphatic heterocycles. The van der Waals surface area contributed by atoms with Crippen molar-refractivity contribution in [2.24, 2.45) is 0 Å². The van der Waals surface area contributed by atoms with Gasteiger partial charge < -0.3 is 14.8 Å². The zero-order chi connectivity index (χ0) is 24.2. The third-order valence-corrected chi connectivity index (χ3v) is 5.91. The lowest BCUT2D eigenvalue weighted by atomic mass is 10.1. The Morgan fingerprint density at radius 2 is 1.65 bits per heavy atom. The molecule has 0 aromatic heterocycles. The number of nitrogens with zero attached hydrogens (tertiary/aromatic N) is 1. The van der Waals surface area contributed by atoms with Crippen LogP contribution in [0.15, 0.2) is 66.4 Å². The van der Waals surface area contributed by atoms with Crippen LogP contribution in [0.1, 0.15) is 18.1 Å². The Bertz CT molecular complexity index is 1280. The Morgan fingerprint density at radius 3 is 2.35 bits per heavy atom. The van der Waals surface area contributed by atoms with Gasteiger partial charge in [-0.05, 0) is 72.7 Å². The second kappa shape index (κ2) is 10.4. The predicted octanol–water partition coefficient (Wildman–Crippen LogP) is 6.72. The lowest BCUT2D eigenvalue weighted by Crippen LogP contribution is -2.30. The highest BCUT2D eigenvalue weighted by molar-refractivity contribution is 6.42. The van der Waals surface area contributed by atoms with E-state index in [4.69, 9.17) is 44.3 Å². The van der Waals surface area contributed by atoms with Gasteiger partial charge in [-0.15, -0.1) is 0 Å². The number of hydrogen-bond donors (Lipinski definition) is 1. The minimum Gasteiger partial charge on any atom is -0.490 e. The quantitative estimate of drug-likeness (QED) is 0.279. The molecule has 0 bridgehead atoms. The minimum absolute atomic E-state index is 0.145. The second-order valence-electron chi connectivity index (χ2n) is 7.28. The van der Waals surface area contributed by atoms with Crippen LogP contribution in [0.25, 0.3) is 6.08 Å². The van der Waals surface area contributed by atoms with Crippen molar-refractivity contribution in [2.45, 2.75) is 13.5 Å². The van der Waals surface area contributed by atoms with E-state index < -0.39 is 11.9 Å². The molecule has 0 atom stereocenters. The van der Waals surface area contributed by atoms with Gasteiger partial charge >= 0.3 is 6.03 Å². The first-order chi connectivity index (χ1) is 16.4. The topological polar surface area (TPSA) is 67.9 Å². The number of halogens is 3. The molecule has 0 saturated carbocycles. The molecule has 1 N–H and O–H groups in total. The molecule has 0 aliphatic carbocycles. The fourth-order valence-corrected chi connectivity index (χ4v) is 3.77. The Balaban J connectivity index is 1.54. The SMILES string of the molecule is CCOc1cc(/C=C2/NC(=O)N(c3ccc(Cl)cc3)C2=O)ccc1OCc1ccc(Cl)c(Cl)c1. The van der Waals surface area contributed by atoms with Crippen molar-refractivity contribution in [2.75, 3.05) is 11.5 Å². The average molecular weight is 518 g/mol. The van der Waals surface area contributed by atoms with Crippen LogP contribution in [-0.2, 0) is 11.4 Å². The number of hydrogen-bond acceptors (Lipinski definition) is 4. The van der Waals surface area contributed by atoms with Crippen molar-refractivity contribution in [3.8, 4) is 11.5 Å². The number of anilines is 1. The van der Waals surface area contributed by atoms with Crippen molar-refractivity contribution in [3.05, 3.63) is 92.6 Å². The summed E-state index contributed by atoms with van der Waals surface area (Å²) < 4.78 is 11.6. The first-order valence-electron chi connectivity index (χ1n) is 10.3. The van der Waals surface area contributed by atoms with Gasteiger partial charge in [0.15, 0.2) is 11.5 Å². The summed E-state index contributed by atoms with van der Waals surface area (Å²) in [5.74, 6) is 0.563. The van der Waals surface area contributed by atoms with Crippen LogP contribution in [0.4, 0.5) is 10.5 Å². The summed E-state index contributed by atoms with van der Waals surface area (Å²) in [6.45, 7) is 2.55. The van der Waals surface area contributed by atoms with Gasteiger partial charge in [-0.25, -0.2) is 9.69 Å². The number of urea groups is 1. The molecule has 34 heavy (non-hydrogen) atoms. The molecule has 6 nitrogen and oxygen atoms in total. The molecule has 0 spiro atoms. The Kier molecular flexibility index (Phi) is 7.32. The number of rotatable bonds is 7. The highest BCUT2D eigenvalue weighted by Crippen LogP contribution is 2.32. The molecule has 174 valence electrons. The molecular formula is C25H19Cl3N2O4. The molecule has 1 heterocycles. The van der Waals surface area contributed by atoms with E-state index in [9.17, 15) is 9.59 Å². The first kappa shape index (κ1) is 24.0. The molecule has 4 rings (SSSR count). The second-order valence-corrected chi connectivity index (χ2v) is 8.53. The zero-order valence-corrected chi connectivity index (χ0v) is 20.2. The van der Waals surface area contributed by atoms with E-state index >= 15 is 0 Å². The third-order valence-electron chi connectivity index (χ3n) is 4.92. The number of carbonyl (C=O) groups excluding carboxylic acids is 2. The van der Waals surface area contributed by atoms with Gasteiger partial charge in [0, 0.05) is 5.02 Å². The average Bonchev–Trinajstić information content (AvgIpc) is 3.09. The highest BCUT2D eigenvalue weighted by atomic mass is 35.5. The van der Waals surface area contributed by atoms with Gasteiger partial charge in [-0.3, -0.25) is 4.79 Å². The fourth-order valence-electron chi connectivity index (χ4n) is 3.32. The summed E-state index contributed by atoms with van der Waals surface area (Å²) in [4.78, 5) is 26.3. The van der Waals surface area contributed by atoms with Gasteiger partial charge in [-0.2, -0.15) is 0 Å². The van der Waals surface area contributed by atoms with Gasteiger partial charge in [0.1, 0.15) is 12.3 Å². The van der Waals surface area contributed by atoms with E-state index in [2.05, 4.69) is 5.32 Å². The zero-order valence-electron chi connectivity index (χ0n) is 18.0. The fraction of sp³-hybridized carbons (Fsp3) is 0.120. The van der Waals surface area contributed by atoms with Crippen molar-refractivity contribution in [1.29, 1.82) is 0 Å². The molecule has 1 aliphatic rings. The van der Waals surface area contributed by atoms with E-state index in [1.54, 1.807) is 60.7 Å². The van der Waals surface area contributed by atoms with Crippen molar-refractivity contribution in [3.63, 3.8) is 0 Å². The van der Waals surface area contributed by atoms with E-state index in [0.717, 1.165) is 10.5 Å². The Labute approximate surface area is 211 Å². The van der Waals surface area contributed by atoms with Crippen LogP contribution in [0.3, 0.4) is 0 Å². The Hall–Kier alpha value is -3.19. The van der Waals surface area contributed by atoms with Crippen LogP contribution >= 0.6 is 34.8 Å². The predicted molar refractivity (Wildman–Crippen MR) is 134 cm³/mol. The van der Waals surface area contributed by atoms with Crippen LogP contribution in [0, 0.1) is 0 Å².